The van der Waals surface area contributed by atoms with E-state index in [1.807, 2.05) is 31.7 Å². The lowest BCUT2D eigenvalue weighted by Crippen LogP contribution is -2.42. The quantitative estimate of drug-likeness (QED) is 0.472. The van der Waals surface area contributed by atoms with Crippen molar-refractivity contribution >= 4 is 23.5 Å². The largest absolute Gasteiger partial charge is 0.444 e. The van der Waals surface area contributed by atoms with Crippen LogP contribution in [0.1, 0.15) is 63.1 Å². The maximum atomic E-state index is 13.3. The lowest BCUT2D eigenvalue weighted by molar-refractivity contribution is -0.137. The van der Waals surface area contributed by atoms with Crippen molar-refractivity contribution in [1.82, 2.24) is 9.88 Å². The van der Waals surface area contributed by atoms with E-state index in [4.69, 9.17) is 10.00 Å². The zero-order valence-corrected chi connectivity index (χ0v) is 23.6. The van der Waals surface area contributed by atoms with Gasteiger partial charge in [0.25, 0.3) is 0 Å². The number of aromatic nitrogens is 1. The molecule has 11 heteroatoms. The third-order valence-corrected chi connectivity index (χ3v) is 7.53. The van der Waals surface area contributed by atoms with Gasteiger partial charge in [0.05, 0.1) is 17.2 Å². The van der Waals surface area contributed by atoms with E-state index in [-0.39, 0.29) is 17.9 Å². The number of nitriles is 1. The summed E-state index contributed by atoms with van der Waals surface area (Å²) in [6.07, 6.45) is 0.483. The number of hydrogen-bond donors (Lipinski definition) is 1. The first-order valence-corrected chi connectivity index (χ1v) is 13.9. The average molecular weight is 572 g/mol. The minimum atomic E-state index is -4.61. The second-order valence-electron chi connectivity index (χ2n) is 11.8. The van der Waals surface area contributed by atoms with E-state index in [2.05, 4.69) is 10.3 Å². The molecule has 0 spiro atoms. The summed E-state index contributed by atoms with van der Waals surface area (Å²) in [6, 6.07) is 9.06. The molecule has 220 valence electrons. The lowest BCUT2D eigenvalue weighted by atomic mass is 9.91. The number of piperidine rings is 2. The normalized spacial score (nSPS) is 17.2. The molecule has 0 bridgehead atoms. The Bertz CT molecular complexity index is 1270. The number of nitrogens with zero attached hydrogens (tertiary/aromatic N) is 4. The molecule has 0 saturated carbocycles. The maximum Gasteiger partial charge on any atom is 0.417 e. The third kappa shape index (κ3) is 8.12. The zero-order valence-electron chi connectivity index (χ0n) is 23.6. The first-order chi connectivity index (χ1) is 19.3. The van der Waals surface area contributed by atoms with E-state index in [0.29, 0.717) is 56.4 Å². The molecule has 0 unspecified atom stereocenters. The van der Waals surface area contributed by atoms with Gasteiger partial charge in [-0.15, -0.1) is 0 Å². The van der Waals surface area contributed by atoms with Crippen molar-refractivity contribution in [2.75, 3.05) is 36.4 Å². The molecule has 2 aliphatic rings. The number of anilines is 2. The van der Waals surface area contributed by atoms with Crippen LogP contribution in [-0.4, -0.2) is 53.7 Å². The number of ether oxygens (including phenoxy) is 1. The molecular weight excluding hydrogens is 535 g/mol. The molecule has 2 aromatic rings. The summed E-state index contributed by atoms with van der Waals surface area (Å²) in [7, 11) is 0. The number of alkyl halides is 3. The van der Waals surface area contributed by atoms with Crippen LogP contribution in [0.3, 0.4) is 0 Å². The number of hydrogen-bond acceptors (Lipinski definition) is 6. The summed E-state index contributed by atoms with van der Waals surface area (Å²) < 4.78 is 45.5. The summed E-state index contributed by atoms with van der Waals surface area (Å²) in [5.74, 6) is 0.464. The first kappa shape index (κ1) is 30.2. The van der Waals surface area contributed by atoms with Crippen LogP contribution < -0.4 is 10.2 Å². The molecule has 8 nitrogen and oxygen atoms in total. The topological polar surface area (TPSA) is 98.6 Å². The second kappa shape index (κ2) is 12.4. The molecule has 0 radical (unpaired) electrons. The fourth-order valence-electron chi connectivity index (χ4n) is 5.29. The first-order valence-electron chi connectivity index (χ1n) is 13.9. The molecule has 0 aliphatic carbocycles. The number of amides is 2. The summed E-state index contributed by atoms with van der Waals surface area (Å²) in [6.45, 7) is 7.76. The zero-order chi connectivity index (χ0) is 29.8. The van der Waals surface area contributed by atoms with Crippen LogP contribution in [0.15, 0.2) is 36.5 Å². The van der Waals surface area contributed by atoms with Crippen LogP contribution in [0, 0.1) is 23.2 Å². The Morgan fingerprint density at radius 3 is 2.29 bits per heavy atom. The lowest BCUT2D eigenvalue weighted by Gasteiger charge is -2.33. The Kier molecular flexibility index (Phi) is 9.10. The second-order valence-corrected chi connectivity index (χ2v) is 11.8. The number of benzene rings is 1. The predicted octanol–water partition coefficient (Wildman–Crippen LogP) is 6.02. The SMILES string of the molecule is CC(C)(C)OC(=O)N1CCC(Cc2ccc(NC(=O)C3CCN(c4ccc(C#N)c(C(F)(F)F)c4)CC3)nc2)CC1. The van der Waals surface area contributed by atoms with Gasteiger partial charge < -0.3 is 19.9 Å². The molecule has 3 heterocycles. The predicted molar refractivity (Wildman–Crippen MR) is 148 cm³/mol. The highest BCUT2D eigenvalue weighted by Gasteiger charge is 2.35. The van der Waals surface area contributed by atoms with Gasteiger partial charge >= 0.3 is 12.3 Å². The van der Waals surface area contributed by atoms with Crippen molar-refractivity contribution in [2.45, 2.75) is 64.7 Å². The standard InChI is InChI=1S/C30H36F3N5O3/c1-29(2,3)41-28(40)38-12-8-20(9-13-38)16-21-4-7-26(35-19-21)36-27(39)22-10-14-37(15-11-22)24-6-5-23(18-34)25(17-24)30(31,32)33/h4-7,17,19-20,22H,8-16H2,1-3H3,(H,35,36,39). The molecule has 1 N–H and O–H groups in total. The van der Waals surface area contributed by atoms with Crippen molar-refractivity contribution in [1.29, 1.82) is 5.26 Å². The van der Waals surface area contributed by atoms with Gasteiger partial charge in [0.2, 0.25) is 5.91 Å². The molecule has 4 rings (SSSR count). The summed E-state index contributed by atoms with van der Waals surface area (Å²) >= 11 is 0. The molecule has 2 fully saturated rings. The highest BCUT2D eigenvalue weighted by atomic mass is 19.4. The van der Waals surface area contributed by atoms with E-state index in [1.165, 1.54) is 12.1 Å². The van der Waals surface area contributed by atoms with Gasteiger partial charge in [-0.2, -0.15) is 18.4 Å². The third-order valence-electron chi connectivity index (χ3n) is 7.53. The minimum Gasteiger partial charge on any atom is -0.444 e. The van der Waals surface area contributed by atoms with E-state index in [9.17, 15) is 22.8 Å². The van der Waals surface area contributed by atoms with Crippen LogP contribution >= 0.6 is 0 Å². The van der Waals surface area contributed by atoms with Crippen LogP contribution in [0.5, 0.6) is 0 Å². The Morgan fingerprint density at radius 2 is 1.73 bits per heavy atom. The van der Waals surface area contributed by atoms with Crippen LogP contribution in [0.4, 0.5) is 29.5 Å². The number of nitrogens with one attached hydrogen (secondary N) is 1. The number of pyridine rings is 1. The maximum absolute atomic E-state index is 13.3. The molecule has 2 saturated heterocycles. The fraction of sp³-hybridized carbons (Fsp3) is 0.533. The van der Waals surface area contributed by atoms with E-state index >= 15 is 0 Å². The number of rotatable bonds is 5. The molecule has 2 aliphatic heterocycles. The smallest absolute Gasteiger partial charge is 0.417 e. The minimum absolute atomic E-state index is 0.157. The van der Waals surface area contributed by atoms with E-state index in [1.54, 1.807) is 23.2 Å². The van der Waals surface area contributed by atoms with Crippen molar-refractivity contribution < 1.29 is 27.5 Å². The van der Waals surface area contributed by atoms with Crippen LogP contribution in [0.25, 0.3) is 0 Å². The highest BCUT2D eigenvalue weighted by Crippen LogP contribution is 2.35. The van der Waals surface area contributed by atoms with Gasteiger partial charge in [-0.05, 0) is 88.6 Å². The number of halogens is 3. The van der Waals surface area contributed by atoms with E-state index < -0.39 is 22.9 Å². The Balaban J connectivity index is 1.23. The van der Waals surface area contributed by atoms with Gasteiger partial charge in [0, 0.05) is 44.0 Å². The molecule has 41 heavy (non-hydrogen) atoms. The number of likely N-dealkylation sites (tertiary alicyclic amines) is 1. The summed E-state index contributed by atoms with van der Waals surface area (Å²) in [4.78, 5) is 33.1. The molecule has 1 aromatic carbocycles. The average Bonchev–Trinajstić information content (AvgIpc) is 2.93. The fourth-order valence-corrected chi connectivity index (χ4v) is 5.29. The number of carbonyl (C=O) groups excluding carboxylic acids is 2. The molecule has 1 aromatic heterocycles. The summed E-state index contributed by atoms with van der Waals surface area (Å²) in [5, 5.41) is 11.9. The Hall–Kier alpha value is -3.81. The highest BCUT2D eigenvalue weighted by molar-refractivity contribution is 5.91. The van der Waals surface area contributed by atoms with Gasteiger partial charge in [-0.3, -0.25) is 4.79 Å². The Labute approximate surface area is 238 Å². The Morgan fingerprint density at radius 1 is 1.05 bits per heavy atom. The van der Waals surface area contributed by atoms with Crippen molar-refractivity contribution in [3.05, 3.63) is 53.2 Å². The van der Waals surface area contributed by atoms with Gasteiger partial charge in [0.1, 0.15) is 11.4 Å². The van der Waals surface area contributed by atoms with Gasteiger partial charge in [-0.1, -0.05) is 6.07 Å². The van der Waals surface area contributed by atoms with Gasteiger partial charge in [0.15, 0.2) is 0 Å². The molecule has 0 atom stereocenters. The summed E-state index contributed by atoms with van der Waals surface area (Å²) in [5.41, 5.74) is -0.406. The van der Waals surface area contributed by atoms with E-state index in [0.717, 1.165) is 30.9 Å². The van der Waals surface area contributed by atoms with Crippen LogP contribution in [-0.2, 0) is 22.1 Å². The monoisotopic (exact) mass is 571 g/mol. The number of carbonyl (C=O) groups is 2. The van der Waals surface area contributed by atoms with Crippen molar-refractivity contribution in [3.63, 3.8) is 0 Å². The van der Waals surface area contributed by atoms with Gasteiger partial charge in [-0.25, -0.2) is 9.78 Å². The van der Waals surface area contributed by atoms with Crippen molar-refractivity contribution in [2.24, 2.45) is 11.8 Å². The van der Waals surface area contributed by atoms with Crippen molar-refractivity contribution in [3.8, 4) is 6.07 Å². The van der Waals surface area contributed by atoms with Crippen LogP contribution in [0.2, 0.25) is 0 Å². The molecular formula is C30H36F3N5O3. The molecule has 2 amide bonds.